The van der Waals surface area contributed by atoms with Crippen LogP contribution in [-0.2, 0) is 6.54 Å². The normalized spacial score (nSPS) is 11.8. The number of hydrogen-bond acceptors (Lipinski definition) is 5. The van der Waals surface area contributed by atoms with Crippen LogP contribution in [0.3, 0.4) is 0 Å². The molecule has 1 aromatic heterocycles. The highest BCUT2D eigenvalue weighted by molar-refractivity contribution is 5.65. The minimum Gasteiger partial charge on any atom is -0.497 e. The van der Waals surface area contributed by atoms with Crippen LogP contribution in [0.2, 0.25) is 0 Å². The van der Waals surface area contributed by atoms with Gasteiger partial charge in [-0.05, 0) is 48.4 Å². The fourth-order valence-electron chi connectivity index (χ4n) is 2.76. The van der Waals surface area contributed by atoms with Gasteiger partial charge in [0.05, 0.1) is 19.8 Å². The second-order valence-electron chi connectivity index (χ2n) is 5.98. The van der Waals surface area contributed by atoms with Crippen molar-refractivity contribution >= 4 is 0 Å². The maximum Gasteiger partial charge on any atom is 0.162 e. The third-order valence-electron chi connectivity index (χ3n) is 4.30. The Morgan fingerprint density at radius 1 is 0.962 bits per heavy atom. The molecule has 1 heterocycles. The van der Waals surface area contributed by atoms with Crippen molar-refractivity contribution in [1.29, 1.82) is 0 Å². The monoisotopic (exact) mass is 349 g/mol. The van der Waals surface area contributed by atoms with Crippen LogP contribution in [-0.4, -0.2) is 24.2 Å². The van der Waals surface area contributed by atoms with Gasteiger partial charge >= 0.3 is 0 Å². The van der Waals surface area contributed by atoms with Gasteiger partial charge in [-0.25, -0.2) is 9.97 Å². The molecule has 3 aromatic rings. The quantitative estimate of drug-likeness (QED) is 0.698. The van der Waals surface area contributed by atoms with E-state index in [-0.39, 0.29) is 6.04 Å². The average molecular weight is 349 g/mol. The van der Waals surface area contributed by atoms with E-state index in [1.807, 2.05) is 18.2 Å². The molecule has 0 aliphatic carbocycles. The highest BCUT2D eigenvalue weighted by Crippen LogP contribution is 2.28. The van der Waals surface area contributed by atoms with Crippen molar-refractivity contribution in [3.8, 4) is 22.9 Å². The minimum absolute atomic E-state index is 0.222. The van der Waals surface area contributed by atoms with Crippen LogP contribution in [0, 0.1) is 0 Å². The van der Waals surface area contributed by atoms with Gasteiger partial charge < -0.3 is 14.8 Å². The van der Waals surface area contributed by atoms with Crippen LogP contribution in [0.25, 0.3) is 11.4 Å². The van der Waals surface area contributed by atoms with Gasteiger partial charge in [-0.3, -0.25) is 0 Å². The first-order valence-electron chi connectivity index (χ1n) is 8.53. The fraction of sp³-hybridized carbons (Fsp3) is 0.238. The molecule has 26 heavy (non-hydrogen) atoms. The highest BCUT2D eigenvalue weighted by Gasteiger charge is 2.11. The molecule has 0 aliphatic rings. The van der Waals surface area contributed by atoms with Gasteiger partial charge in [0.2, 0.25) is 0 Å². The minimum atomic E-state index is 0.222. The molecule has 1 N–H and O–H groups in total. The van der Waals surface area contributed by atoms with E-state index in [2.05, 4.69) is 46.5 Å². The largest absolute Gasteiger partial charge is 0.497 e. The first-order chi connectivity index (χ1) is 12.7. The number of nitrogens with one attached hydrogen (secondary N) is 1. The van der Waals surface area contributed by atoms with Crippen LogP contribution < -0.4 is 14.8 Å². The Morgan fingerprint density at radius 2 is 1.69 bits per heavy atom. The lowest BCUT2D eigenvalue weighted by Crippen LogP contribution is -2.18. The molecule has 0 amide bonds. The van der Waals surface area contributed by atoms with E-state index in [9.17, 15) is 0 Å². The number of rotatable bonds is 7. The molecule has 0 fully saturated rings. The Balaban J connectivity index is 1.73. The van der Waals surface area contributed by atoms with Crippen molar-refractivity contribution in [2.75, 3.05) is 14.2 Å². The van der Waals surface area contributed by atoms with Crippen LogP contribution in [0.15, 0.2) is 60.9 Å². The third-order valence-corrected chi connectivity index (χ3v) is 4.30. The molecule has 5 heteroatoms. The van der Waals surface area contributed by atoms with E-state index in [0.717, 1.165) is 29.2 Å². The van der Waals surface area contributed by atoms with Crippen molar-refractivity contribution in [2.24, 2.45) is 0 Å². The summed E-state index contributed by atoms with van der Waals surface area (Å²) >= 11 is 0. The van der Waals surface area contributed by atoms with E-state index in [0.29, 0.717) is 5.82 Å². The lowest BCUT2D eigenvalue weighted by atomic mass is 10.1. The number of benzene rings is 2. The van der Waals surface area contributed by atoms with Crippen LogP contribution >= 0.6 is 0 Å². The predicted octanol–water partition coefficient (Wildman–Crippen LogP) is 4.01. The van der Waals surface area contributed by atoms with E-state index >= 15 is 0 Å². The first-order valence-corrected chi connectivity index (χ1v) is 8.53. The van der Waals surface area contributed by atoms with Crippen molar-refractivity contribution in [3.05, 3.63) is 72.1 Å². The maximum atomic E-state index is 5.46. The number of ether oxygens (including phenoxy) is 2. The van der Waals surface area contributed by atoms with Crippen LogP contribution in [0.5, 0.6) is 11.5 Å². The van der Waals surface area contributed by atoms with Crippen molar-refractivity contribution in [1.82, 2.24) is 15.3 Å². The molecule has 0 bridgehead atoms. The Labute approximate surface area is 154 Å². The van der Waals surface area contributed by atoms with E-state index in [1.165, 1.54) is 5.56 Å². The zero-order valence-corrected chi connectivity index (χ0v) is 15.3. The number of hydrogen-bond donors (Lipinski definition) is 1. The van der Waals surface area contributed by atoms with Crippen molar-refractivity contribution in [2.45, 2.75) is 19.5 Å². The molecular formula is C21H23N3O2. The first kappa shape index (κ1) is 17.9. The molecule has 1 atom stereocenters. The van der Waals surface area contributed by atoms with Crippen LogP contribution in [0.1, 0.15) is 24.1 Å². The molecule has 0 radical (unpaired) electrons. The van der Waals surface area contributed by atoms with Gasteiger partial charge in [-0.15, -0.1) is 0 Å². The Morgan fingerprint density at radius 3 is 2.35 bits per heavy atom. The Bertz CT molecular complexity index is 836. The third kappa shape index (κ3) is 4.18. The molecule has 0 saturated carbocycles. The molecule has 0 spiro atoms. The second kappa shape index (κ2) is 8.45. The molecule has 2 aromatic carbocycles. The summed E-state index contributed by atoms with van der Waals surface area (Å²) in [7, 11) is 3.33. The summed E-state index contributed by atoms with van der Waals surface area (Å²) in [5.74, 6) is 2.29. The summed E-state index contributed by atoms with van der Waals surface area (Å²) < 4.78 is 10.7. The lowest BCUT2D eigenvalue weighted by molar-refractivity contribution is 0.414. The number of nitrogens with zero attached hydrogens (tertiary/aromatic N) is 2. The van der Waals surface area contributed by atoms with Crippen molar-refractivity contribution in [3.63, 3.8) is 0 Å². The summed E-state index contributed by atoms with van der Waals surface area (Å²) in [6, 6.07) is 16.2. The number of methoxy groups -OCH3 is 2. The SMILES string of the molecule is COc1ccc([C@@H](C)NCc2ccc(OC)c(-c3ncccn3)c2)cc1. The van der Waals surface area contributed by atoms with Crippen molar-refractivity contribution < 1.29 is 9.47 Å². The molecule has 134 valence electrons. The number of aromatic nitrogens is 2. The zero-order chi connectivity index (χ0) is 18.4. The van der Waals surface area contributed by atoms with Gasteiger partial charge in [0, 0.05) is 25.0 Å². The van der Waals surface area contributed by atoms with E-state index < -0.39 is 0 Å². The standard InChI is InChI=1S/C21H23N3O2/c1-15(17-6-8-18(25-2)9-7-17)24-14-16-5-10-20(26-3)19(13-16)21-22-11-4-12-23-21/h4-13,15,24H,14H2,1-3H3/t15-/m1/s1. The maximum absolute atomic E-state index is 5.46. The summed E-state index contributed by atoms with van der Waals surface area (Å²) in [6.45, 7) is 2.88. The predicted molar refractivity (Wildman–Crippen MR) is 102 cm³/mol. The fourth-order valence-corrected chi connectivity index (χ4v) is 2.76. The summed E-state index contributed by atoms with van der Waals surface area (Å²) in [5.41, 5.74) is 3.25. The Kier molecular flexibility index (Phi) is 5.81. The molecule has 5 nitrogen and oxygen atoms in total. The Hall–Kier alpha value is -2.92. The molecule has 0 unspecified atom stereocenters. The molecular weight excluding hydrogens is 326 g/mol. The highest BCUT2D eigenvalue weighted by atomic mass is 16.5. The lowest BCUT2D eigenvalue weighted by Gasteiger charge is -2.16. The topological polar surface area (TPSA) is 56.3 Å². The zero-order valence-electron chi connectivity index (χ0n) is 15.3. The van der Waals surface area contributed by atoms with Gasteiger partial charge in [-0.1, -0.05) is 18.2 Å². The van der Waals surface area contributed by atoms with E-state index in [4.69, 9.17) is 9.47 Å². The van der Waals surface area contributed by atoms with Gasteiger partial charge in [0.15, 0.2) is 5.82 Å². The molecule has 0 aliphatic heterocycles. The molecule has 0 saturated heterocycles. The summed E-state index contributed by atoms with van der Waals surface area (Å²) in [6.07, 6.45) is 3.47. The van der Waals surface area contributed by atoms with Crippen LogP contribution in [0.4, 0.5) is 0 Å². The second-order valence-corrected chi connectivity index (χ2v) is 5.98. The summed E-state index contributed by atoms with van der Waals surface area (Å²) in [5, 5.41) is 3.55. The summed E-state index contributed by atoms with van der Waals surface area (Å²) in [4.78, 5) is 8.67. The molecule has 3 rings (SSSR count). The van der Waals surface area contributed by atoms with Gasteiger partial charge in [0.1, 0.15) is 11.5 Å². The smallest absolute Gasteiger partial charge is 0.162 e. The van der Waals surface area contributed by atoms with E-state index in [1.54, 1.807) is 32.7 Å². The average Bonchev–Trinajstić information content (AvgIpc) is 2.72. The van der Waals surface area contributed by atoms with Gasteiger partial charge in [-0.2, -0.15) is 0 Å². The van der Waals surface area contributed by atoms with Gasteiger partial charge in [0.25, 0.3) is 0 Å².